The van der Waals surface area contributed by atoms with Gasteiger partial charge in [-0.25, -0.2) is 4.68 Å². The van der Waals surface area contributed by atoms with Crippen LogP contribution in [0.15, 0.2) is 18.3 Å². The fourth-order valence-electron chi connectivity index (χ4n) is 12.9. The highest BCUT2D eigenvalue weighted by atomic mass is 16.5. The third kappa shape index (κ3) is 4.78. The first-order valence-corrected chi connectivity index (χ1v) is 18.1. The Kier molecular flexibility index (Phi) is 8.16. The number of aliphatic carboxylic acids is 1. The van der Waals surface area contributed by atoms with E-state index in [4.69, 9.17) is 4.74 Å². The molecule has 5 saturated carbocycles. The number of nitrogens with zero attached hydrogens (tertiary/aromatic N) is 3. The normalized spacial score (nSPS) is 43.4. The number of ether oxygens (including phenoxy) is 1. The molecule has 5 fully saturated rings. The lowest BCUT2D eigenvalue weighted by Crippen LogP contribution is -2.67. The summed E-state index contributed by atoms with van der Waals surface area (Å²) in [5, 5.41) is 19.1. The zero-order valence-electron chi connectivity index (χ0n) is 29.2. The predicted octanol–water partition coefficient (Wildman–Crippen LogP) is 8.27. The third-order valence-corrected chi connectivity index (χ3v) is 15.4. The molecule has 10 atom stereocenters. The van der Waals surface area contributed by atoms with E-state index in [0.29, 0.717) is 23.7 Å². The first-order valence-electron chi connectivity index (χ1n) is 18.1. The minimum Gasteiger partial charge on any atom is -0.481 e. The van der Waals surface area contributed by atoms with Crippen molar-refractivity contribution in [2.75, 3.05) is 0 Å². The summed E-state index contributed by atoms with van der Waals surface area (Å²) in [7, 11) is 0. The molecule has 1 aromatic heterocycles. The maximum absolute atomic E-state index is 13.2. The smallest absolute Gasteiger partial charge is 0.328 e. The SMILES string of the molecule is C=C(C)[C@@H]1CC[C@]2(C(=O)O)CC[C@]3(C)[C@H](CC[C@@H]4[C@@]5(C)CC[C@H](OC(=O)Cn6cc(CCCC)nn6)C(C)(C)[C@@H]5CC[C@]43C)[C@@H]12. The van der Waals surface area contributed by atoms with Crippen LogP contribution in [0.2, 0.25) is 0 Å². The maximum atomic E-state index is 13.2. The molecule has 5 aliphatic carbocycles. The molecule has 250 valence electrons. The Morgan fingerprint density at radius 3 is 2.42 bits per heavy atom. The van der Waals surface area contributed by atoms with Crippen molar-refractivity contribution in [3.8, 4) is 0 Å². The zero-order chi connectivity index (χ0) is 32.6. The van der Waals surface area contributed by atoms with Crippen molar-refractivity contribution in [2.24, 2.45) is 56.7 Å². The standard InChI is InChI=1S/C38H59N3O4/c1-9-10-11-25-22-41(40-39-25)23-31(42)45-30-16-17-35(6)28(34(30,4)5)15-18-37(8)29(35)13-12-27-32-26(24(2)3)14-19-38(32,33(43)44)21-20-36(27,37)7/h22,26-30,32H,2,9-21,23H2,1,3-8H3,(H,43,44)/t26-,27+,28-,29+,30-,32+,35-,36+,37+,38-/m0/s1. The summed E-state index contributed by atoms with van der Waals surface area (Å²) in [5.41, 5.74) is 1.86. The number of unbranched alkanes of at least 4 members (excludes halogenated alkanes) is 1. The van der Waals surface area contributed by atoms with Crippen molar-refractivity contribution in [1.29, 1.82) is 0 Å². The van der Waals surface area contributed by atoms with E-state index in [2.05, 4.69) is 65.4 Å². The molecule has 0 saturated heterocycles. The number of allylic oxidation sites excluding steroid dienone is 1. The number of hydrogen-bond acceptors (Lipinski definition) is 5. The van der Waals surface area contributed by atoms with Gasteiger partial charge in [-0.15, -0.1) is 5.10 Å². The Morgan fingerprint density at radius 2 is 1.73 bits per heavy atom. The fraction of sp³-hybridized carbons (Fsp3) is 0.842. The van der Waals surface area contributed by atoms with Crippen molar-refractivity contribution >= 4 is 11.9 Å². The molecule has 45 heavy (non-hydrogen) atoms. The van der Waals surface area contributed by atoms with Crippen LogP contribution in [0.3, 0.4) is 0 Å². The van der Waals surface area contributed by atoms with Crippen LogP contribution in [-0.4, -0.2) is 38.1 Å². The summed E-state index contributed by atoms with van der Waals surface area (Å²) < 4.78 is 7.91. The van der Waals surface area contributed by atoms with Gasteiger partial charge in [-0.3, -0.25) is 9.59 Å². The zero-order valence-corrected chi connectivity index (χ0v) is 29.2. The molecule has 6 rings (SSSR count). The molecular weight excluding hydrogens is 562 g/mol. The average Bonchev–Trinajstić information content (AvgIpc) is 3.59. The number of carboxylic acids is 1. The van der Waals surface area contributed by atoms with Crippen molar-refractivity contribution in [1.82, 2.24) is 15.0 Å². The maximum Gasteiger partial charge on any atom is 0.328 e. The molecule has 1 N–H and O–H groups in total. The van der Waals surface area contributed by atoms with Crippen molar-refractivity contribution < 1.29 is 19.4 Å². The number of aromatic nitrogens is 3. The van der Waals surface area contributed by atoms with E-state index in [0.717, 1.165) is 76.3 Å². The summed E-state index contributed by atoms with van der Waals surface area (Å²) in [5.74, 6) is 1.23. The molecular formula is C38H59N3O4. The van der Waals surface area contributed by atoms with Crippen LogP contribution >= 0.6 is 0 Å². The van der Waals surface area contributed by atoms with Crippen molar-refractivity contribution in [3.05, 3.63) is 24.0 Å². The average molecular weight is 622 g/mol. The predicted molar refractivity (Wildman–Crippen MR) is 175 cm³/mol. The topological polar surface area (TPSA) is 94.3 Å². The van der Waals surface area contributed by atoms with Gasteiger partial charge >= 0.3 is 11.9 Å². The van der Waals surface area contributed by atoms with Crippen LogP contribution in [0.25, 0.3) is 0 Å². The number of esters is 1. The number of carboxylic acid groups (broad SMARTS) is 1. The first kappa shape index (κ1) is 32.7. The number of hydrogen-bond donors (Lipinski definition) is 1. The molecule has 5 aliphatic rings. The Bertz CT molecular complexity index is 1340. The van der Waals surface area contributed by atoms with Gasteiger partial charge in [0.15, 0.2) is 0 Å². The van der Waals surface area contributed by atoms with Crippen LogP contribution in [0.1, 0.15) is 131 Å². The van der Waals surface area contributed by atoms with Gasteiger partial charge in [-0.05, 0) is 130 Å². The number of aryl methyl sites for hydroxylation is 1. The number of rotatable bonds is 8. The Labute approximate surface area is 271 Å². The molecule has 7 nitrogen and oxygen atoms in total. The summed E-state index contributed by atoms with van der Waals surface area (Å²) in [6, 6.07) is 0. The van der Waals surface area contributed by atoms with Crippen molar-refractivity contribution in [2.45, 2.75) is 145 Å². The van der Waals surface area contributed by atoms with E-state index in [1.165, 1.54) is 18.4 Å². The van der Waals surface area contributed by atoms with E-state index in [9.17, 15) is 14.7 Å². The van der Waals surface area contributed by atoms with E-state index in [-0.39, 0.29) is 46.2 Å². The van der Waals surface area contributed by atoms with Crippen LogP contribution in [0, 0.1) is 56.7 Å². The summed E-state index contributed by atoms with van der Waals surface area (Å²) in [6.45, 7) is 21.2. The van der Waals surface area contributed by atoms with Gasteiger partial charge < -0.3 is 9.84 Å². The quantitative estimate of drug-likeness (QED) is 0.232. The third-order valence-electron chi connectivity index (χ3n) is 15.4. The summed E-state index contributed by atoms with van der Waals surface area (Å²) in [4.78, 5) is 26.1. The van der Waals surface area contributed by atoms with E-state index in [1.807, 2.05) is 6.20 Å². The lowest BCUT2D eigenvalue weighted by Gasteiger charge is -2.72. The van der Waals surface area contributed by atoms with Gasteiger partial charge in [0.05, 0.1) is 11.1 Å². The lowest BCUT2D eigenvalue weighted by molar-refractivity contribution is -0.250. The molecule has 0 spiro atoms. The highest BCUT2D eigenvalue weighted by Gasteiger charge is 2.72. The van der Waals surface area contributed by atoms with Crippen molar-refractivity contribution in [3.63, 3.8) is 0 Å². The number of carbonyl (C=O) groups excluding carboxylic acids is 1. The van der Waals surface area contributed by atoms with Gasteiger partial charge in [0.1, 0.15) is 12.6 Å². The number of fused-ring (bicyclic) bond motifs is 7. The van der Waals surface area contributed by atoms with Crippen LogP contribution < -0.4 is 0 Å². The van der Waals surface area contributed by atoms with Crippen LogP contribution in [-0.2, 0) is 27.3 Å². The summed E-state index contributed by atoms with van der Waals surface area (Å²) in [6.07, 6.45) is 15.0. The fourth-order valence-corrected chi connectivity index (χ4v) is 12.9. The van der Waals surface area contributed by atoms with Gasteiger partial charge in [0, 0.05) is 11.6 Å². The molecule has 0 aliphatic heterocycles. The van der Waals surface area contributed by atoms with E-state index < -0.39 is 11.4 Å². The van der Waals surface area contributed by atoms with Crippen LogP contribution in [0.4, 0.5) is 0 Å². The molecule has 7 heteroatoms. The Hall–Kier alpha value is -2.18. The molecule has 1 aromatic rings. The molecule has 0 bridgehead atoms. The molecule has 1 heterocycles. The summed E-state index contributed by atoms with van der Waals surface area (Å²) >= 11 is 0. The first-order chi connectivity index (χ1) is 21.1. The van der Waals surface area contributed by atoms with Crippen LogP contribution in [0.5, 0.6) is 0 Å². The monoisotopic (exact) mass is 621 g/mol. The molecule has 0 amide bonds. The van der Waals surface area contributed by atoms with Gasteiger partial charge in [-0.1, -0.05) is 65.3 Å². The van der Waals surface area contributed by atoms with Gasteiger partial charge in [0.25, 0.3) is 0 Å². The highest BCUT2D eigenvalue weighted by Crippen LogP contribution is 2.77. The molecule has 0 aromatic carbocycles. The second kappa shape index (κ2) is 11.2. The minimum atomic E-state index is -0.578. The second-order valence-electron chi connectivity index (χ2n) is 17.5. The highest BCUT2D eigenvalue weighted by molar-refractivity contribution is 5.76. The lowest BCUT2D eigenvalue weighted by atomic mass is 9.32. The Morgan fingerprint density at radius 1 is 0.978 bits per heavy atom. The second-order valence-corrected chi connectivity index (χ2v) is 17.5. The van der Waals surface area contributed by atoms with Gasteiger partial charge in [-0.2, -0.15) is 0 Å². The number of carbonyl (C=O) groups is 2. The van der Waals surface area contributed by atoms with E-state index >= 15 is 0 Å². The van der Waals surface area contributed by atoms with Gasteiger partial charge in [0.2, 0.25) is 0 Å². The van der Waals surface area contributed by atoms with E-state index in [1.54, 1.807) is 4.68 Å². The molecule has 0 radical (unpaired) electrons. The Balaban J connectivity index is 1.21. The largest absolute Gasteiger partial charge is 0.481 e. The minimum absolute atomic E-state index is 0.108. The molecule has 0 unspecified atom stereocenters.